The number of hydrogen-bond acceptors (Lipinski definition) is 3. The van der Waals surface area contributed by atoms with Crippen molar-refractivity contribution in [2.45, 2.75) is 36.9 Å². The molecule has 0 saturated heterocycles. The SMILES string of the molecule is CSC1(CNCC(=O)Nc2ccccc2Cl)CCCCC1. The molecular formula is C16H23ClN2OS. The van der Waals surface area contributed by atoms with Crippen molar-refractivity contribution >= 4 is 35.0 Å². The molecule has 1 fully saturated rings. The van der Waals surface area contributed by atoms with E-state index in [0.29, 0.717) is 22.0 Å². The Morgan fingerprint density at radius 1 is 1.29 bits per heavy atom. The molecule has 2 rings (SSSR count). The summed E-state index contributed by atoms with van der Waals surface area (Å²) in [5.74, 6) is -0.0461. The van der Waals surface area contributed by atoms with Crippen LogP contribution in [0.5, 0.6) is 0 Å². The molecule has 0 radical (unpaired) electrons. The number of rotatable bonds is 6. The summed E-state index contributed by atoms with van der Waals surface area (Å²) >= 11 is 7.97. The molecular weight excluding hydrogens is 304 g/mol. The minimum Gasteiger partial charge on any atom is -0.324 e. The molecule has 0 atom stereocenters. The van der Waals surface area contributed by atoms with E-state index >= 15 is 0 Å². The van der Waals surface area contributed by atoms with Gasteiger partial charge >= 0.3 is 0 Å². The van der Waals surface area contributed by atoms with E-state index in [1.165, 1.54) is 32.1 Å². The predicted octanol–water partition coefficient (Wildman–Crippen LogP) is 3.93. The zero-order chi connectivity index (χ0) is 15.1. The van der Waals surface area contributed by atoms with E-state index in [1.54, 1.807) is 6.07 Å². The van der Waals surface area contributed by atoms with Crippen molar-refractivity contribution in [3.63, 3.8) is 0 Å². The van der Waals surface area contributed by atoms with Gasteiger partial charge in [-0.25, -0.2) is 0 Å². The van der Waals surface area contributed by atoms with Gasteiger partial charge in [0, 0.05) is 11.3 Å². The highest BCUT2D eigenvalue weighted by Crippen LogP contribution is 2.37. The molecule has 5 heteroatoms. The molecule has 1 amide bonds. The van der Waals surface area contributed by atoms with E-state index < -0.39 is 0 Å². The molecule has 3 nitrogen and oxygen atoms in total. The number of para-hydroxylation sites is 1. The van der Waals surface area contributed by atoms with Crippen LogP contribution < -0.4 is 10.6 Å². The van der Waals surface area contributed by atoms with Crippen LogP contribution in [0.15, 0.2) is 24.3 Å². The lowest BCUT2D eigenvalue weighted by molar-refractivity contribution is -0.115. The van der Waals surface area contributed by atoms with E-state index in [2.05, 4.69) is 16.9 Å². The van der Waals surface area contributed by atoms with Crippen molar-refractivity contribution in [2.75, 3.05) is 24.7 Å². The zero-order valence-electron chi connectivity index (χ0n) is 12.5. The van der Waals surface area contributed by atoms with E-state index in [1.807, 2.05) is 30.0 Å². The van der Waals surface area contributed by atoms with Crippen LogP contribution in [0.25, 0.3) is 0 Å². The average Bonchev–Trinajstić information content (AvgIpc) is 2.50. The zero-order valence-corrected chi connectivity index (χ0v) is 14.0. The minimum absolute atomic E-state index is 0.0461. The van der Waals surface area contributed by atoms with Crippen molar-refractivity contribution in [3.8, 4) is 0 Å². The first-order chi connectivity index (χ1) is 10.2. The van der Waals surface area contributed by atoms with Gasteiger partial charge in [0.05, 0.1) is 17.3 Å². The number of hydrogen-bond donors (Lipinski definition) is 2. The first-order valence-corrected chi connectivity index (χ1v) is 9.06. The summed E-state index contributed by atoms with van der Waals surface area (Å²) in [6.45, 7) is 1.22. The second kappa shape index (κ2) is 8.06. The van der Waals surface area contributed by atoms with E-state index in [4.69, 9.17) is 11.6 Å². The van der Waals surface area contributed by atoms with Crippen LogP contribution in [0.4, 0.5) is 5.69 Å². The number of carbonyl (C=O) groups is 1. The lowest BCUT2D eigenvalue weighted by Crippen LogP contribution is -2.42. The lowest BCUT2D eigenvalue weighted by atomic mass is 9.88. The summed E-state index contributed by atoms with van der Waals surface area (Å²) < 4.78 is 0.308. The Morgan fingerprint density at radius 3 is 2.67 bits per heavy atom. The Balaban J connectivity index is 1.77. The summed E-state index contributed by atoms with van der Waals surface area (Å²) in [6.07, 6.45) is 8.61. The van der Waals surface area contributed by atoms with E-state index in [0.717, 1.165) is 6.54 Å². The molecule has 0 unspecified atom stereocenters. The van der Waals surface area contributed by atoms with Gasteiger partial charge in [-0.3, -0.25) is 4.79 Å². The average molecular weight is 327 g/mol. The number of benzene rings is 1. The minimum atomic E-state index is -0.0461. The highest BCUT2D eigenvalue weighted by molar-refractivity contribution is 8.00. The van der Waals surface area contributed by atoms with Crippen LogP contribution in [0.2, 0.25) is 5.02 Å². The summed E-state index contributed by atoms with van der Waals surface area (Å²) in [4.78, 5) is 12.0. The number of amides is 1. The third-order valence-electron chi connectivity index (χ3n) is 4.08. The maximum absolute atomic E-state index is 12.0. The van der Waals surface area contributed by atoms with Crippen molar-refractivity contribution < 1.29 is 4.79 Å². The Labute approximate surface area is 136 Å². The Bertz CT molecular complexity index is 475. The van der Waals surface area contributed by atoms with Gasteiger partial charge in [0.2, 0.25) is 5.91 Å². The Morgan fingerprint density at radius 2 is 2.00 bits per heavy atom. The lowest BCUT2D eigenvalue weighted by Gasteiger charge is -2.36. The van der Waals surface area contributed by atoms with E-state index in [-0.39, 0.29) is 5.91 Å². The largest absolute Gasteiger partial charge is 0.324 e. The van der Waals surface area contributed by atoms with Crippen molar-refractivity contribution in [1.29, 1.82) is 0 Å². The van der Waals surface area contributed by atoms with Crippen LogP contribution in [-0.2, 0) is 4.79 Å². The normalized spacial score (nSPS) is 17.4. The van der Waals surface area contributed by atoms with Crippen LogP contribution >= 0.6 is 23.4 Å². The van der Waals surface area contributed by atoms with Gasteiger partial charge in [-0.1, -0.05) is 43.0 Å². The van der Waals surface area contributed by atoms with Gasteiger partial charge in [0.1, 0.15) is 0 Å². The third kappa shape index (κ3) is 4.90. The summed E-state index contributed by atoms with van der Waals surface area (Å²) in [5.41, 5.74) is 0.670. The van der Waals surface area contributed by atoms with Crippen molar-refractivity contribution in [2.24, 2.45) is 0 Å². The molecule has 1 aliphatic carbocycles. The van der Waals surface area contributed by atoms with Crippen LogP contribution in [-0.4, -0.2) is 30.0 Å². The number of carbonyl (C=O) groups excluding carboxylic acids is 1. The summed E-state index contributed by atoms with van der Waals surface area (Å²) in [5, 5.41) is 6.72. The molecule has 21 heavy (non-hydrogen) atoms. The summed E-state index contributed by atoms with van der Waals surface area (Å²) in [7, 11) is 0. The fraction of sp³-hybridized carbons (Fsp3) is 0.562. The molecule has 0 heterocycles. The van der Waals surface area contributed by atoms with Gasteiger partial charge in [-0.05, 0) is 31.2 Å². The number of nitrogens with one attached hydrogen (secondary N) is 2. The van der Waals surface area contributed by atoms with E-state index in [9.17, 15) is 4.79 Å². The van der Waals surface area contributed by atoms with Gasteiger partial charge in [0.25, 0.3) is 0 Å². The van der Waals surface area contributed by atoms with Crippen LogP contribution in [0.1, 0.15) is 32.1 Å². The number of thioether (sulfide) groups is 1. The molecule has 116 valence electrons. The second-order valence-electron chi connectivity index (χ2n) is 5.58. The first kappa shape index (κ1) is 16.7. The molecule has 0 bridgehead atoms. The van der Waals surface area contributed by atoms with Crippen LogP contribution in [0, 0.1) is 0 Å². The fourth-order valence-corrected chi connectivity index (χ4v) is 3.94. The second-order valence-corrected chi connectivity index (χ2v) is 7.26. The maximum atomic E-state index is 12.0. The number of anilines is 1. The third-order valence-corrected chi connectivity index (χ3v) is 5.83. The molecule has 0 aliphatic heterocycles. The smallest absolute Gasteiger partial charge is 0.238 e. The van der Waals surface area contributed by atoms with Crippen molar-refractivity contribution in [3.05, 3.63) is 29.3 Å². The summed E-state index contributed by atoms with van der Waals surface area (Å²) in [6, 6.07) is 7.29. The van der Waals surface area contributed by atoms with Gasteiger partial charge in [-0.2, -0.15) is 11.8 Å². The topological polar surface area (TPSA) is 41.1 Å². The molecule has 0 spiro atoms. The molecule has 1 saturated carbocycles. The maximum Gasteiger partial charge on any atom is 0.238 e. The molecule has 2 N–H and O–H groups in total. The molecule has 0 aromatic heterocycles. The van der Waals surface area contributed by atoms with Gasteiger partial charge < -0.3 is 10.6 Å². The highest BCUT2D eigenvalue weighted by atomic mass is 35.5. The van der Waals surface area contributed by atoms with Crippen molar-refractivity contribution in [1.82, 2.24) is 5.32 Å². The predicted molar refractivity (Wildman–Crippen MR) is 92.3 cm³/mol. The Kier molecular flexibility index (Phi) is 6.40. The number of halogens is 1. The first-order valence-electron chi connectivity index (χ1n) is 7.45. The molecule has 1 aromatic carbocycles. The van der Waals surface area contributed by atoms with Gasteiger partial charge in [0.15, 0.2) is 0 Å². The quantitative estimate of drug-likeness (QED) is 0.832. The van der Waals surface area contributed by atoms with Crippen LogP contribution in [0.3, 0.4) is 0 Å². The fourth-order valence-electron chi connectivity index (χ4n) is 2.81. The van der Waals surface area contributed by atoms with Gasteiger partial charge in [-0.15, -0.1) is 0 Å². The molecule has 1 aromatic rings. The highest BCUT2D eigenvalue weighted by Gasteiger charge is 2.30. The Hall–Kier alpha value is -0.710. The standard InChI is InChI=1S/C16H23ClN2OS/c1-21-16(9-5-2-6-10-16)12-18-11-15(20)19-14-8-4-3-7-13(14)17/h3-4,7-8,18H,2,5-6,9-12H2,1H3,(H,19,20). The molecule has 1 aliphatic rings. The monoisotopic (exact) mass is 326 g/mol.